The molecule has 0 aliphatic heterocycles. The Hall–Kier alpha value is -2.33. The van der Waals surface area contributed by atoms with Crippen molar-refractivity contribution in [1.29, 1.82) is 0 Å². The Morgan fingerprint density at radius 3 is 2.37 bits per heavy atom. The maximum absolute atomic E-state index is 13.6. The van der Waals surface area contributed by atoms with E-state index in [9.17, 15) is 9.90 Å². The summed E-state index contributed by atoms with van der Waals surface area (Å²) in [6.07, 6.45) is 8.66. The number of carbonyl (C=O) groups is 1. The van der Waals surface area contributed by atoms with Gasteiger partial charge in [0.15, 0.2) is 0 Å². The van der Waals surface area contributed by atoms with E-state index in [0.29, 0.717) is 12.5 Å². The summed E-state index contributed by atoms with van der Waals surface area (Å²) in [7, 11) is 3.65. The Balaban J connectivity index is 1.85. The summed E-state index contributed by atoms with van der Waals surface area (Å²) in [4.78, 5) is 15.3. The van der Waals surface area contributed by atoms with E-state index in [4.69, 9.17) is 0 Å². The molecule has 1 unspecified atom stereocenters. The second kappa shape index (κ2) is 10.6. The molecule has 2 aromatic carbocycles. The predicted molar refractivity (Wildman–Crippen MR) is 123 cm³/mol. The molecule has 1 aliphatic carbocycles. The van der Waals surface area contributed by atoms with Gasteiger partial charge in [0, 0.05) is 20.1 Å². The van der Waals surface area contributed by atoms with Gasteiger partial charge in [0.25, 0.3) is 0 Å². The van der Waals surface area contributed by atoms with E-state index in [2.05, 4.69) is 17.4 Å². The van der Waals surface area contributed by atoms with E-state index >= 15 is 0 Å². The molecule has 1 fully saturated rings. The van der Waals surface area contributed by atoms with Gasteiger partial charge in [-0.3, -0.25) is 4.79 Å². The lowest BCUT2D eigenvalue weighted by atomic mass is 9.71. The quantitative estimate of drug-likeness (QED) is 0.593. The third-order valence-corrected chi connectivity index (χ3v) is 6.44. The SMILES string of the molecule is CN(C)C(=O)C(CCCNC1CCCCC1)(Cc1ccccc1O)c1ccccc1. The van der Waals surface area contributed by atoms with Gasteiger partial charge in [0.1, 0.15) is 5.75 Å². The number of phenols is 1. The van der Waals surface area contributed by atoms with Crippen molar-refractivity contribution in [2.45, 2.75) is 62.8 Å². The topological polar surface area (TPSA) is 52.6 Å². The van der Waals surface area contributed by atoms with Crippen molar-refractivity contribution in [3.8, 4) is 5.75 Å². The van der Waals surface area contributed by atoms with Gasteiger partial charge >= 0.3 is 0 Å². The highest BCUT2D eigenvalue weighted by Crippen LogP contribution is 2.37. The average molecular weight is 409 g/mol. The molecule has 0 bridgehead atoms. The highest BCUT2D eigenvalue weighted by Gasteiger charge is 2.41. The number of rotatable bonds is 9. The maximum Gasteiger partial charge on any atom is 0.233 e. The Morgan fingerprint density at radius 2 is 1.70 bits per heavy atom. The summed E-state index contributed by atoms with van der Waals surface area (Å²) < 4.78 is 0. The Kier molecular flexibility index (Phi) is 7.92. The van der Waals surface area contributed by atoms with Crippen LogP contribution in [0, 0.1) is 0 Å². The molecule has 1 atom stereocenters. The molecule has 0 radical (unpaired) electrons. The molecule has 1 saturated carbocycles. The van der Waals surface area contributed by atoms with Gasteiger partial charge in [-0.2, -0.15) is 0 Å². The fourth-order valence-corrected chi connectivity index (χ4v) is 4.81. The van der Waals surface area contributed by atoms with Crippen molar-refractivity contribution in [3.63, 3.8) is 0 Å². The van der Waals surface area contributed by atoms with Crippen molar-refractivity contribution >= 4 is 5.91 Å². The molecule has 0 aromatic heterocycles. The van der Waals surface area contributed by atoms with Crippen LogP contribution in [0.4, 0.5) is 0 Å². The number of carbonyl (C=O) groups excluding carboxylic acids is 1. The summed E-state index contributed by atoms with van der Waals surface area (Å²) >= 11 is 0. The fraction of sp³-hybridized carbons (Fsp3) is 0.500. The third-order valence-electron chi connectivity index (χ3n) is 6.44. The van der Waals surface area contributed by atoms with Crippen molar-refractivity contribution in [2.75, 3.05) is 20.6 Å². The molecule has 0 heterocycles. The minimum Gasteiger partial charge on any atom is -0.508 e. The van der Waals surface area contributed by atoms with Crippen LogP contribution < -0.4 is 5.32 Å². The zero-order valence-electron chi connectivity index (χ0n) is 18.4. The van der Waals surface area contributed by atoms with Crippen LogP contribution in [0.2, 0.25) is 0 Å². The number of hydrogen-bond acceptors (Lipinski definition) is 3. The van der Waals surface area contributed by atoms with Gasteiger partial charge in [0.2, 0.25) is 5.91 Å². The standard InChI is InChI=1S/C26H36N2O2/c1-28(2)25(30)26(22-13-5-3-6-14-22,20-21-12-9-10-17-24(21)29)18-11-19-27-23-15-7-4-8-16-23/h3,5-6,9-10,12-14,17,23,27,29H,4,7-8,11,15-16,18-20H2,1-2H3. The second-order valence-electron chi connectivity index (χ2n) is 8.85. The maximum atomic E-state index is 13.6. The van der Waals surface area contributed by atoms with Crippen molar-refractivity contribution in [1.82, 2.24) is 10.2 Å². The van der Waals surface area contributed by atoms with Crippen LogP contribution in [0.1, 0.15) is 56.1 Å². The van der Waals surface area contributed by atoms with Gasteiger partial charge in [-0.1, -0.05) is 67.8 Å². The number of phenolic OH excluding ortho intramolecular Hbond substituents is 1. The molecular weight excluding hydrogens is 372 g/mol. The summed E-state index contributed by atoms with van der Waals surface area (Å²) in [6.45, 7) is 0.917. The minimum absolute atomic E-state index is 0.0922. The average Bonchev–Trinajstić information content (AvgIpc) is 2.78. The Morgan fingerprint density at radius 1 is 1.03 bits per heavy atom. The van der Waals surface area contributed by atoms with Crippen LogP contribution in [-0.2, 0) is 16.6 Å². The Bertz CT molecular complexity index is 800. The van der Waals surface area contributed by atoms with Crippen LogP contribution in [0.3, 0.4) is 0 Å². The van der Waals surface area contributed by atoms with Crippen molar-refractivity contribution in [2.24, 2.45) is 0 Å². The number of nitrogens with zero attached hydrogens (tertiary/aromatic N) is 1. The molecule has 0 saturated heterocycles. The monoisotopic (exact) mass is 408 g/mol. The molecule has 1 amide bonds. The molecule has 3 rings (SSSR count). The summed E-state index contributed by atoms with van der Waals surface area (Å²) in [5.41, 5.74) is 1.14. The molecule has 0 spiro atoms. The molecule has 30 heavy (non-hydrogen) atoms. The van der Waals surface area contributed by atoms with Crippen molar-refractivity contribution in [3.05, 3.63) is 65.7 Å². The number of aromatic hydroxyl groups is 1. The lowest BCUT2D eigenvalue weighted by molar-refractivity contribution is -0.135. The number of amides is 1. The number of para-hydroxylation sites is 1. The van der Waals surface area contributed by atoms with E-state index in [-0.39, 0.29) is 11.7 Å². The number of benzene rings is 2. The van der Waals surface area contributed by atoms with Crippen LogP contribution in [0.25, 0.3) is 0 Å². The van der Waals surface area contributed by atoms with Gasteiger partial charge < -0.3 is 15.3 Å². The summed E-state index contributed by atoms with van der Waals surface area (Å²) in [6, 6.07) is 18.1. The highest BCUT2D eigenvalue weighted by molar-refractivity contribution is 5.88. The lowest BCUT2D eigenvalue weighted by Crippen LogP contribution is -2.46. The van der Waals surface area contributed by atoms with Gasteiger partial charge in [-0.15, -0.1) is 0 Å². The largest absolute Gasteiger partial charge is 0.508 e. The smallest absolute Gasteiger partial charge is 0.233 e. The lowest BCUT2D eigenvalue weighted by Gasteiger charge is -2.36. The van der Waals surface area contributed by atoms with Gasteiger partial charge in [-0.05, 0) is 55.8 Å². The zero-order valence-corrected chi connectivity index (χ0v) is 18.4. The molecule has 4 heteroatoms. The number of nitrogens with one attached hydrogen (secondary N) is 1. The van der Waals surface area contributed by atoms with E-state index in [1.807, 2.05) is 50.5 Å². The first-order valence-corrected chi connectivity index (χ1v) is 11.3. The molecule has 1 aliphatic rings. The molecule has 4 nitrogen and oxygen atoms in total. The van der Waals surface area contributed by atoms with E-state index in [1.165, 1.54) is 32.1 Å². The first-order chi connectivity index (χ1) is 14.5. The van der Waals surface area contributed by atoms with E-state index in [0.717, 1.165) is 30.5 Å². The first kappa shape index (κ1) is 22.4. The minimum atomic E-state index is -0.697. The first-order valence-electron chi connectivity index (χ1n) is 11.3. The van der Waals surface area contributed by atoms with Crippen LogP contribution in [0.15, 0.2) is 54.6 Å². The number of hydrogen-bond donors (Lipinski definition) is 2. The van der Waals surface area contributed by atoms with E-state index in [1.54, 1.807) is 11.0 Å². The summed E-state index contributed by atoms with van der Waals surface area (Å²) in [5, 5.41) is 14.2. The third kappa shape index (κ3) is 5.42. The molecule has 162 valence electrons. The number of likely N-dealkylation sites (N-methyl/N-ethyl adjacent to an activating group) is 1. The normalized spacial score (nSPS) is 16.7. The molecule has 2 aromatic rings. The van der Waals surface area contributed by atoms with Crippen molar-refractivity contribution < 1.29 is 9.90 Å². The van der Waals surface area contributed by atoms with E-state index < -0.39 is 5.41 Å². The van der Waals surface area contributed by atoms with Gasteiger partial charge in [0.05, 0.1) is 5.41 Å². The van der Waals surface area contributed by atoms with Crippen LogP contribution >= 0.6 is 0 Å². The van der Waals surface area contributed by atoms with Crippen LogP contribution in [-0.4, -0.2) is 42.6 Å². The van der Waals surface area contributed by atoms with Gasteiger partial charge in [-0.25, -0.2) is 0 Å². The highest BCUT2D eigenvalue weighted by atomic mass is 16.3. The molecular formula is C26H36N2O2. The van der Waals surface area contributed by atoms with Crippen LogP contribution in [0.5, 0.6) is 5.75 Å². The second-order valence-corrected chi connectivity index (χ2v) is 8.85. The molecule has 2 N–H and O–H groups in total. The zero-order chi connectivity index (χ0) is 21.4. The summed E-state index contributed by atoms with van der Waals surface area (Å²) in [5.74, 6) is 0.347. The predicted octanol–water partition coefficient (Wildman–Crippen LogP) is 4.66. The Labute approximate surface area is 181 Å². The fourth-order valence-electron chi connectivity index (χ4n) is 4.81.